The molecule has 1 amide bonds. The number of pyridine rings is 1. The minimum absolute atomic E-state index is 0.00420. The third-order valence-corrected chi connectivity index (χ3v) is 10.9. The molecule has 44 heavy (non-hydrogen) atoms. The Hall–Kier alpha value is -3.74. The molecule has 3 atom stereocenters. The van der Waals surface area contributed by atoms with Crippen LogP contribution in [-0.2, 0) is 37.2 Å². The largest absolute Gasteiger partial charge is 0.480 e. The van der Waals surface area contributed by atoms with E-state index in [1.54, 1.807) is 69.4 Å². The van der Waals surface area contributed by atoms with Gasteiger partial charge in [-0.1, -0.05) is 48.5 Å². The number of hydrogen-bond acceptors (Lipinski definition) is 8. The summed E-state index contributed by atoms with van der Waals surface area (Å²) in [4.78, 5) is 42.6. The average molecular weight is 639 g/mol. The zero-order valence-electron chi connectivity index (χ0n) is 25.0. The van der Waals surface area contributed by atoms with E-state index >= 15 is 0 Å². The molecule has 10 nitrogen and oxygen atoms in total. The van der Waals surface area contributed by atoms with Gasteiger partial charge in [0, 0.05) is 36.8 Å². The van der Waals surface area contributed by atoms with Crippen molar-refractivity contribution in [2.75, 3.05) is 11.9 Å². The molecule has 0 spiro atoms. The molecule has 2 heterocycles. The quantitative estimate of drug-likeness (QED) is 0.222. The summed E-state index contributed by atoms with van der Waals surface area (Å²) in [7, 11) is -4.03. The number of amides is 1. The number of thioether (sulfide) groups is 1. The molecule has 0 aliphatic carbocycles. The Balaban J connectivity index is 1.36. The first kappa shape index (κ1) is 33.2. The predicted molar refractivity (Wildman–Crippen MR) is 171 cm³/mol. The van der Waals surface area contributed by atoms with E-state index in [4.69, 9.17) is 0 Å². The molecule has 3 N–H and O–H groups in total. The van der Waals surface area contributed by atoms with Gasteiger partial charge in [-0.05, 0) is 62.6 Å². The molecular formula is C32H38N4O6S2. The molecule has 12 heteroatoms. The van der Waals surface area contributed by atoms with Gasteiger partial charge in [-0.2, -0.15) is 4.31 Å². The van der Waals surface area contributed by atoms with Crippen LogP contribution in [0.25, 0.3) is 0 Å². The summed E-state index contributed by atoms with van der Waals surface area (Å²) in [5, 5.41) is 15.2. The number of carbonyl (C=O) groups excluding carboxylic acids is 2. The minimum atomic E-state index is -4.03. The maximum Gasteiger partial charge on any atom is 0.326 e. The van der Waals surface area contributed by atoms with E-state index in [0.717, 1.165) is 11.4 Å². The molecule has 1 aliphatic rings. The normalized spacial score (nSPS) is 18.8. The SMILES string of the molecule is CC1SC(C)(C)[C@@H](C(=O)NC(Cc2ccc(CC(=O)CCCNc3ccccn3)cc2)C(=O)O)N1S(=O)(=O)c1ccccc1. The van der Waals surface area contributed by atoms with E-state index in [1.807, 2.05) is 18.2 Å². The van der Waals surface area contributed by atoms with E-state index in [-0.39, 0.29) is 23.5 Å². The van der Waals surface area contributed by atoms with E-state index in [1.165, 1.54) is 28.2 Å². The average Bonchev–Trinajstić information content (AvgIpc) is 3.25. The third kappa shape index (κ3) is 8.25. The number of hydrogen-bond donors (Lipinski definition) is 3. The van der Waals surface area contributed by atoms with Gasteiger partial charge in [0.05, 0.1) is 10.3 Å². The smallest absolute Gasteiger partial charge is 0.326 e. The first-order valence-electron chi connectivity index (χ1n) is 14.4. The zero-order valence-corrected chi connectivity index (χ0v) is 26.6. The van der Waals surface area contributed by atoms with Gasteiger partial charge >= 0.3 is 5.97 Å². The number of Topliss-reactive ketones (excluding diaryl/α,β-unsaturated/α-hetero) is 1. The second-order valence-electron chi connectivity index (χ2n) is 11.3. The van der Waals surface area contributed by atoms with Crippen LogP contribution in [0.15, 0.2) is 83.9 Å². The number of rotatable bonds is 14. The number of carboxylic acids is 1. The van der Waals surface area contributed by atoms with Crippen LogP contribution in [0, 0.1) is 0 Å². The van der Waals surface area contributed by atoms with Crippen molar-refractivity contribution in [3.8, 4) is 0 Å². The fourth-order valence-corrected chi connectivity index (χ4v) is 9.08. The topological polar surface area (TPSA) is 146 Å². The number of aromatic nitrogens is 1. The Labute approximate surface area is 262 Å². The summed E-state index contributed by atoms with van der Waals surface area (Å²) in [6.07, 6.45) is 3.05. The van der Waals surface area contributed by atoms with E-state index in [0.29, 0.717) is 24.9 Å². The van der Waals surface area contributed by atoms with Crippen molar-refractivity contribution in [3.63, 3.8) is 0 Å². The fraction of sp³-hybridized carbons (Fsp3) is 0.375. The second-order valence-corrected chi connectivity index (χ2v) is 15.1. The van der Waals surface area contributed by atoms with Gasteiger partial charge in [-0.15, -0.1) is 11.8 Å². The summed E-state index contributed by atoms with van der Waals surface area (Å²) >= 11 is 1.34. The lowest BCUT2D eigenvalue weighted by atomic mass is 9.99. The van der Waals surface area contributed by atoms with Crippen LogP contribution < -0.4 is 10.6 Å². The molecule has 0 saturated carbocycles. The monoisotopic (exact) mass is 638 g/mol. The first-order chi connectivity index (χ1) is 20.9. The van der Waals surface area contributed by atoms with Crippen molar-refractivity contribution in [1.29, 1.82) is 0 Å². The number of aliphatic carboxylic acids is 1. The number of ketones is 1. The summed E-state index contributed by atoms with van der Waals surface area (Å²) in [5.41, 5.74) is 1.48. The van der Waals surface area contributed by atoms with Crippen LogP contribution >= 0.6 is 11.8 Å². The molecule has 234 valence electrons. The summed E-state index contributed by atoms with van der Waals surface area (Å²) < 4.78 is 27.5. The lowest BCUT2D eigenvalue weighted by Crippen LogP contribution is -2.57. The number of sulfonamides is 1. The van der Waals surface area contributed by atoms with Crippen molar-refractivity contribution in [3.05, 3.63) is 90.1 Å². The van der Waals surface area contributed by atoms with Gasteiger partial charge in [0.1, 0.15) is 23.7 Å². The highest BCUT2D eigenvalue weighted by molar-refractivity contribution is 8.02. The summed E-state index contributed by atoms with van der Waals surface area (Å²) in [5.74, 6) is -1.04. The maximum atomic E-state index is 13.6. The molecule has 1 aliphatic heterocycles. The van der Waals surface area contributed by atoms with Crippen molar-refractivity contribution < 1.29 is 27.9 Å². The molecule has 1 saturated heterocycles. The highest BCUT2D eigenvalue weighted by atomic mass is 32.2. The number of anilines is 1. The van der Waals surface area contributed by atoms with Crippen LogP contribution in [0.1, 0.15) is 44.7 Å². The lowest BCUT2D eigenvalue weighted by molar-refractivity contribution is -0.142. The third-order valence-electron chi connectivity index (χ3n) is 7.39. The van der Waals surface area contributed by atoms with Crippen molar-refractivity contribution >= 4 is 45.3 Å². The minimum Gasteiger partial charge on any atom is -0.480 e. The molecule has 2 aromatic carbocycles. The van der Waals surface area contributed by atoms with Crippen LogP contribution in [0.3, 0.4) is 0 Å². The highest BCUT2D eigenvalue weighted by Crippen LogP contribution is 2.46. The molecular weight excluding hydrogens is 601 g/mol. The maximum absolute atomic E-state index is 13.6. The Bertz CT molecular complexity index is 1550. The number of benzene rings is 2. The Morgan fingerprint density at radius 1 is 1.00 bits per heavy atom. The predicted octanol–water partition coefficient (Wildman–Crippen LogP) is 4.13. The Morgan fingerprint density at radius 3 is 2.30 bits per heavy atom. The van der Waals surface area contributed by atoms with Gasteiger partial charge in [0.15, 0.2) is 0 Å². The van der Waals surface area contributed by atoms with Gasteiger partial charge in [-0.25, -0.2) is 18.2 Å². The molecule has 0 radical (unpaired) electrons. The van der Waals surface area contributed by atoms with Crippen LogP contribution in [-0.4, -0.2) is 69.2 Å². The number of nitrogens with one attached hydrogen (secondary N) is 2. The number of carbonyl (C=O) groups is 3. The van der Waals surface area contributed by atoms with Crippen LogP contribution in [0.2, 0.25) is 0 Å². The molecule has 1 fully saturated rings. The molecule has 0 bridgehead atoms. The van der Waals surface area contributed by atoms with E-state index in [2.05, 4.69) is 15.6 Å². The Kier molecular flexibility index (Phi) is 10.8. The molecule has 4 rings (SSSR count). The number of carboxylic acid groups (broad SMARTS) is 1. The van der Waals surface area contributed by atoms with Gasteiger partial charge in [-0.3, -0.25) is 9.59 Å². The van der Waals surface area contributed by atoms with Gasteiger partial charge < -0.3 is 15.7 Å². The van der Waals surface area contributed by atoms with Crippen LogP contribution in [0.4, 0.5) is 5.82 Å². The first-order valence-corrected chi connectivity index (χ1v) is 16.7. The van der Waals surface area contributed by atoms with Crippen LogP contribution in [0.5, 0.6) is 0 Å². The fourth-order valence-electron chi connectivity index (χ4n) is 5.32. The van der Waals surface area contributed by atoms with Crippen molar-refractivity contribution in [1.82, 2.24) is 14.6 Å². The van der Waals surface area contributed by atoms with Gasteiger partial charge in [0.25, 0.3) is 0 Å². The Morgan fingerprint density at radius 2 is 1.66 bits per heavy atom. The van der Waals surface area contributed by atoms with Crippen molar-refractivity contribution in [2.24, 2.45) is 0 Å². The zero-order chi connectivity index (χ0) is 31.9. The van der Waals surface area contributed by atoms with E-state index in [9.17, 15) is 27.9 Å². The lowest BCUT2D eigenvalue weighted by Gasteiger charge is -2.31. The molecule has 1 aromatic heterocycles. The molecule has 3 aromatic rings. The van der Waals surface area contributed by atoms with Gasteiger partial charge in [0.2, 0.25) is 15.9 Å². The van der Waals surface area contributed by atoms with Crippen molar-refractivity contribution in [2.45, 2.75) is 73.6 Å². The second kappa shape index (κ2) is 14.4. The van der Waals surface area contributed by atoms with E-state index < -0.39 is 44.1 Å². The standard InChI is InChI=1S/C32H38N4O6S2/c1-22-36(44(41,42)26-11-5-4-6-12-26)29(32(2,3)43-22)30(38)35-27(31(39)40)21-24-16-14-23(15-17-24)20-25(37)10-9-19-34-28-13-7-8-18-33-28/h4-8,11-18,22,27,29H,9-10,19-21H2,1-3H3,(H,33,34)(H,35,38)(H,39,40)/t22?,27?,29-/m1/s1. The summed E-state index contributed by atoms with van der Waals surface area (Å²) in [6, 6.07) is 18.1. The highest BCUT2D eigenvalue weighted by Gasteiger charge is 2.55. The summed E-state index contributed by atoms with van der Waals surface area (Å²) in [6.45, 7) is 5.92. The number of nitrogens with zero attached hydrogens (tertiary/aromatic N) is 2. The molecule has 2 unspecified atom stereocenters.